The highest BCUT2D eigenvalue weighted by Crippen LogP contribution is 2.39. The van der Waals surface area contributed by atoms with Gasteiger partial charge in [0.1, 0.15) is 0 Å². The summed E-state index contributed by atoms with van der Waals surface area (Å²) in [6, 6.07) is 40.4. The molecule has 0 spiro atoms. The van der Waals surface area contributed by atoms with Crippen molar-refractivity contribution in [2.75, 3.05) is 27.4 Å². The molecule has 0 bridgehead atoms. The van der Waals surface area contributed by atoms with E-state index in [1.165, 1.54) is 14.2 Å². The van der Waals surface area contributed by atoms with Gasteiger partial charge in [-0.2, -0.15) is 0 Å². The fourth-order valence-electron chi connectivity index (χ4n) is 8.02. The molecule has 2 atom stereocenters. The Balaban J connectivity index is 0.000000206. The number of carbonyl (C=O) groups is 6. The largest absolute Gasteiger partial charge is 0.493 e. The van der Waals surface area contributed by atoms with Crippen molar-refractivity contribution in [2.45, 2.75) is 52.0 Å². The number of fused-ring (bicyclic) bond motifs is 2. The van der Waals surface area contributed by atoms with Crippen LogP contribution in [0.3, 0.4) is 0 Å². The van der Waals surface area contributed by atoms with Crippen molar-refractivity contribution in [2.24, 2.45) is 0 Å². The molecular weight excluding hydrogens is 897 g/mol. The maximum absolute atomic E-state index is 13.2. The Bertz CT molecular complexity index is 2580. The smallest absolute Gasteiger partial charge is 0.262 e. The van der Waals surface area contributed by atoms with E-state index in [2.05, 4.69) is 11.0 Å². The molecule has 16 heteroatoms. The first kappa shape index (κ1) is 49.6. The molecule has 0 radical (unpaired) electrons. The zero-order valence-corrected chi connectivity index (χ0v) is 39.0. The lowest BCUT2D eigenvalue weighted by Gasteiger charge is -2.27. The number of hydroxylamine groups is 2. The topological polar surface area (TPSA) is 188 Å². The Morgan fingerprint density at radius 3 is 1.10 bits per heavy atom. The number of amides is 6. The molecule has 6 aromatic carbocycles. The number of nitrogens with zero attached hydrogens (tertiary/aromatic N) is 2. The van der Waals surface area contributed by atoms with Crippen LogP contribution < -0.4 is 29.9 Å². The van der Waals surface area contributed by atoms with Crippen molar-refractivity contribution in [3.8, 4) is 23.0 Å². The molecule has 2 unspecified atom stereocenters. The molecule has 16 nitrogen and oxygen atoms in total. The monoisotopic (exact) mass is 948 g/mol. The average molecular weight is 949 g/mol. The lowest BCUT2D eigenvalue weighted by atomic mass is 10.0. The van der Waals surface area contributed by atoms with E-state index in [1.807, 2.05) is 74.5 Å². The first-order valence-electron chi connectivity index (χ1n) is 22.5. The molecule has 0 saturated heterocycles. The zero-order valence-electron chi connectivity index (χ0n) is 39.0. The summed E-state index contributed by atoms with van der Waals surface area (Å²) in [6.07, 6.45) is -0.393. The highest BCUT2D eigenvalue weighted by Gasteiger charge is 2.43. The predicted octanol–water partition coefficient (Wildman–Crippen LogP) is 8.14. The maximum Gasteiger partial charge on any atom is 0.262 e. The van der Waals surface area contributed by atoms with Gasteiger partial charge in [-0.1, -0.05) is 97.1 Å². The number of carbonyl (C=O) groups excluding carboxylic acids is 6. The van der Waals surface area contributed by atoms with E-state index in [9.17, 15) is 28.8 Å². The van der Waals surface area contributed by atoms with Gasteiger partial charge in [-0.15, -0.1) is 0 Å². The standard InChI is InChI=1S/2C27H26N2O6/c2*1-3-34-24-15-19(13-14-23(24)33-2)22(16-25(30)28-35-17-18-9-5-4-6-10-18)29-26(31)20-11-7-8-12-21(20)27(29)32/h2*4-15,22H,3,16-17H2,1-2H3,(H,28,30). The molecule has 2 N–H and O–H groups in total. The molecule has 6 amide bonds. The Morgan fingerprint density at radius 1 is 0.457 bits per heavy atom. The molecule has 0 aliphatic carbocycles. The molecule has 0 saturated carbocycles. The van der Waals surface area contributed by atoms with E-state index in [-0.39, 0.29) is 26.1 Å². The van der Waals surface area contributed by atoms with E-state index >= 15 is 0 Å². The third-order valence-electron chi connectivity index (χ3n) is 11.3. The van der Waals surface area contributed by atoms with Gasteiger partial charge >= 0.3 is 0 Å². The number of nitrogens with one attached hydrogen (secondary N) is 2. The van der Waals surface area contributed by atoms with Gasteiger partial charge in [-0.3, -0.25) is 48.2 Å². The van der Waals surface area contributed by atoms with Gasteiger partial charge in [0.15, 0.2) is 23.0 Å². The number of imide groups is 2. The van der Waals surface area contributed by atoms with Crippen molar-refractivity contribution < 1.29 is 57.4 Å². The minimum atomic E-state index is -0.882. The van der Waals surface area contributed by atoms with E-state index < -0.39 is 47.5 Å². The average Bonchev–Trinajstić information content (AvgIpc) is 3.79. The molecule has 70 heavy (non-hydrogen) atoms. The Kier molecular flexibility index (Phi) is 16.7. The van der Waals surface area contributed by atoms with Crippen LogP contribution in [0.15, 0.2) is 146 Å². The summed E-state index contributed by atoms with van der Waals surface area (Å²) in [5.74, 6) is -0.855. The maximum atomic E-state index is 13.2. The lowest BCUT2D eigenvalue weighted by Crippen LogP contribution is -2.37. The van der Waals surface area contributed by atoms with Crippen molar-refractivity contribution in [3.05, 3.63) is 190 Å². The van der Waals surface area contributed by atoms with Crippen LogP contribution in [0.5, 0.6) is 23.0 Å². The van der Waals surface area contributed by atoms with Gasteiger partial charge in [0.2, 0.25) is 11.8 Å². The second kappa shape index (κ2) is 23.6. The molecular formula is C54H52N4O12. The van der Waals surface area contributed by atoms with Crippen molar-refractivity contribution >= 4 is 35.4 Å². The molecule has 2 heterocycles. The predicted molar refractivity (Wildman–Crippen MR) is 256 cm³/mol. The third-order valence-corrected chi connectivity index (χ3v) is 11.3. The van der Waals surface area contributed by atoms with Gasteiger partial charge in [0.05, 0.1) is 87.8 Å². The van der Waals surface area contributed by atoms with Crippen LogP contribution in [-0.4, -0.2) is 72.7 Å². The Morgan fingerprint density at radius 2 is 0.786 bits per heavy atom. The summed E-state index contributed by atoms with van der Waals surface area (Å²) >= 11 is 0. The molecule has 0 aromatic heterocycles. The van der Waals surface area contributed by atoms with Crippen LogP contribution in [-0.2, 0) is 32.5 Å². The molecule has 8 rings (SSSR count). The van der Waals surface area contributed by atoms with Crippen LogP contribution >= 0.6 is 0 Å². The van der Waals surface area contributed by atoms with Crippen LogP contribution in [0, 0.1) is 0 Å². The second-order valence-electron chi connectivity index (χ2n) is 15.8. The number of rotatable bonds is 20. The number of methoxy groups -OCH3 is 2. The normalized spacial score (nSPS) is 13.4. The van der Waals surface area contributed by atoms with Crippen molar-refractivity contribution in [3.63, 3.8) is 0 Å². The van der Waals surface area contributed by atoms with Crippen molar-refractivity contribution in [1.82, 2.24) is 20.8 Å². The summed E-state index contributed by atoms with van der Waals surface area (Å²) in [6.45, 7) is 4.83. The van der Waals surface area contributed by atoms with Crippen LogP contribution in [0.1, 0.15) is 102 Å². The van der Waals surface area contributed by atoms with Crippen LogP contribution in [0.2, 0.25) is 0 Å². The highest BCUT2D eigenvalue weighted by molar-refractivity contribution is 6.22. The minimum absolute atomic E-state index is 0.182. The van der Waals surface area contributed by atoms with E-state index in [0.29, 0.717) is 69.6 Å². The fraction of sp³-hybridized carbons (Fsp3) is 0.222. The molecule has 360 valence electrons. The Hall–Kier alpha value is -8.34. The number of hydrogen-bond acceptors (Lipinski definition) is 12. The second-order valence-corrected chi connectivity index (χ2v) is 15.8. The first-order chi connectivity index (χ1) is 34.1. The number of benzene rings is 6. The van der Waals surface area contributed by atoms with E-state index in [0.717, 1.165) is 20.9 Å². The minimum Gasteiger partial charge on any atom is -0.493 e. The van der Waals surface area contributed by atoms with Gasteiger partial charge in [0.25, 0.3) is 23.6 Å². The lowest BCUT2D eigenvalue weighted by molar-refractivity contribution is -0.136. The molecule has 0 fully saturated rings. The van der Waals surface area contributed by atoms with Crippen LogP contribution in [0.25, 0.3) is 0 Å². The highest BCUT2D eigenvalue weighted by atomic mass is 16.7. The first-order valence-corrected chi connectivity index (χ1v) is 22.5. The van der Waals surface area contributed by atoms with Gasteiger partial charge < -0.3 is 18.9 Å². The zero-order chi connectivity index (χ0) is 49.6. The number of hydrogen-bond donors (Lipinski definition) is 2. The molecule has 2 aliphatic rings. The van der Waals surface area contributed by atoms with Gasteiger partial charge in [0, 0.05) is 0 Å². The summed E-state index contributed by atoms with van der Waals surface area (Å²) < 4.78 is 22.1. The quantitative estimate of drug-likeness (QED) is 0.0553. The van der Waals surface area contributed by atoms with Gasteiger partial charge in [-0.05, 0) is 84.6 Å². The molecule has 2 aliphatic heterocycles. The van der Waals surface area contributed by atoms with E-state index in [1.54, 1.807) is 84.9 Å². The SMILES string of the molecule is CCOc1cc(C(CC(=O)NOCc2ccccc2)N2C(=O)c3ccccc3C2=O)ccc1OC.CCOc1cc(C(CC(=O)NOCc2ccccc2)N2C(=O)c3ccccc3C2=O)ccc1OC. The summed E-state index contributed by atoms with van der Waals surface area (Å²) in [7, 11) is 3.05. The fourth-order valence-corrected chi connectivity index (χ4v) is 8.02. The molecule has 6 aromatic rings. The summed E-state index contributed by atoms with van der Waals surface area (Å²) in [5.41, 5.74) is 8.97. The van der Waals surface area contributed by atoms with Gasteiger partial charge in [-0.25, -0.2) is 11.0 Å². The summed E-state index contributed by atoms with van der Waals surface area (Å²) in [4.78, 5) is 91.6. The Labute approximate surface area is 404 Å². The number of ether oxygens (including phenoxy) is 4. The van der Waals surface area contributed by atoms with Crippen molar-refractivity contribution in [1.29, 1.82) is 0 Å². The third kappa shape index (κ3) is 11.5. The summed E-state index contributed by atoms with van der Waals surface area (Å²) in [5, 5.41) is 0. The van der Waals surface area contributed by atoms with Crippen LogP contribution in [0.4, 0.5) is 0 Å². The van der Waals surface area contributed by atoms with E-state index in [4.69, 9.17) is 28.6 Å².